The predicted octanol–water partition coefficient (Wildman–Crippen LogP) is 4.52. The smallest absolute Gasteiger partial charge is 0.338 e. The highest BCUT2D eigenvalue weighted by atomic mass is 127. The molecule has 0 bridgehead atoms. The monoisotopic (exact) mass is 402 g/mol. The Labute approximate surface area is 140 Å². The summed E-state index contributed by atoms with van der Waals surface area (Å²) in [6.07, 6.45) is 5.32. The van der Waals surface area contributed by atoms with Crippen molar-refractivity contribution < 1.29 is 14.3 Å². The molecule has 0 radical (unpaired) electrons. The van der Waals surface area contributed by atoms with Crippen LogP contribution in [0.15, 0.2) is 24.3 Å². The van der Waals surface area contributed by atoms with E-state index in [0.717, 1.165) is 48.7 Å². The van der Waals surface area contributed by atoms with Gasteiger partial charge in [0.05, 0.1) is 12.2 Å². The van der Waals surface area contributed by atoms with Crippen molar-refractivity contribution >= 4 is 28.6 Å². The third-order valence-electron chi connectivity index (χ3n) is 3.88. The number of alkyl halides is 1. The molecule has 0 spiro atoms. The lowest BCUT2D eigenvalue weighted by Crippen LogP contribution is -2.28. The summed E-state index contributed by atoms with van der Waals surface area (Å²) in [5.74, 6) is -0.211. The minimum Gasteiger partial charge on any atom is -0.456 e. The van der Waals surface area contributed by atoms with Crippen LogP contribution in [-0.4, -0.2) is 22.6 Å². The van der Waals surface area contributed by atoms with Crippen LogP contribution in [0.2, 0.25) is 0 Å². The van der Waals surface area contributed by atoms with Gasteiger partial charge in [-0.15, -0.1) is 0 Å². The highest BCUT2D eigenvalue weighted by Crippen LogP contribution is 2.33. The molecular weight excluding hydrogens is 379 g/mol. The first-order valence-corrected chi connectivity index (χ1v) is 9.11. The summed E-state index contributed by atoms with van der Waals surface area (Å²) in [4.78, 5) is 12.2. The molecule has 1 saturated carbocycles. The molecule has 0 unspecified atom stereocenters. The quantitative estimate of drug-likeness (QED) is 0.291. The van der Waals surface area contributed by atoms with Gasteiger partial charge in [0, 0.05) is 11.0 Å². The predicted molar refractivity (Wildman–Crippen MR) is 91.9 cm³/mol. The van der Waals surface area contributed by atoms with E-state index < -0.39 is 0 Å². The Morgan fingerprint density at radius 2 is 1.90 bits per heavy atom. The summed E-state index contributed by atoms with van der Waals surface area (Å²) in [6.45, 7) is 3.42. The van der Waals surface area contributed by atoms with Crippen molar-refractivity contribution in [1.29, 1.82) is 0 Å². The third kappa shape index (κ3) is 5.25. The van der Waals surface area contributed by atoms with Crippen LogP contribution in [0.3, 0.4) is 0 Å². The summed E-state index contributed by atoms with van der Waals surface area (Å²) >= 11 is 2.34. The van der Waals surface area contributed by atoms with E-state index in [4.69, 9.17) is 9.47 Å². The second-order valence-electron chi connectivity index (χ2n) is 5.84. The maximum atomic E-state index is 12.2. The molecule has 0 heterocycles. The van der Waals surface area contributed by atoms with Crippen molar-refractivity contribution in [3.8, 4) is 0 Å². The van der Waals surface area contributed by atoms with Crippen LogP contribution in [0, 0.1) is 0 Å². The van der Waals surface area contributed by atoms with Gasteiger partial charge in [0.25, 0.3) is 0 Å². The zero-order chi connectivity index (χ0) is 15.1. The van der Waals surface area contributed by atoms with E-state index in [9.17, 15) is 4.79 Å². The molecule has 4 heteroatoms. The molecule has 0 aromatic heterocycles. The van der Waals surface area contributed by atoms with Crippen molar-refractivity contribution in [2.24, 2.45) is 0 Å². The van der Waals surface area contributed by atoms with Crippen LogP contribution < -0.4 is 0 Å². The van der Waals surface area contributed by atoms with Crippen molar-refractivity contribution in [1.82, 2.24) is 0 Å². The third-order valence-corrected chi connectivity index (χ3v) is 4.64. The molecule has 0 amide bonds. The lowest BCUT2D eigenvalue weighted by atomic mass is 10.1. The van der Waals surface area contributed by atoms with E-state index >= 15 is 0 Å². The number of carbonyl (C=O) groups excluding carboxylic acids is 1. The Bertz CT molecular complexity index is 450. The van der Waals surface area contributed by atoms with E-state index in [1.165, 1.54) is 0 Å². The minimum atomic E-state index is -0.266. The Hall–Kier alpha value is -0.620. The molecule has 3 nitrogen and oxygen atoms in total. The lowest BCUT2D eigenvalue weighted by Gasteiger charge is -2.24. The second kappa shape index (κ2) is 8.13. The number of hydrogen-bond donors (Lipinski definition) is 0. The molecule has 21 heavy (non-hydrogen) atoms. The van der Waals surface area contributed by atoms with Crippen molar-refractivity contribution in [2.45, 2.75) is 51.2 Å². The Morgan fingerprint density at radius 1 is 1.24 bits per heavy atom. The molecular formula is C17H23IO3. The van der Waals surface area contributed by atoms with Gasteiger partial charge >= 0.3 is 5.97 Å². The van der Waals surface area contributed by atoms with E-state index in [2.05, 4.69) is 22.6 Å². The number of carbonyl (C=O) groups is 1. The highest BCUT2D eigenvalue weighted by molar-refractivity contribution is 14.1. The van der Waals surface area contributed by atoms with Gasteiger partial charge in [-0.1, -0.05) is 34.7 Å². The number of ether oxygens (including phenoxy) is 2. The Balaban J connectivity index is 1.84. The molecule has 1 aliphatic carbocycles. The maximum Gasteiger partial charge on any atom is 0.338 e. The molecule has 2 rings (SSSR count). The van der Waals surface area contributed by atoms with Crippen LogP contribution in [0.4, 0.5) is 0 Å². The van der Waals surface area contributed by atoms with Crippen LogP contribution in [0.25, 0.3) is 0 Å². The van der Waals surface area contributed by atoms with Gasteiger partial charge in [-0.3, -0.25) is 0 Å². The fourth-order valence-corrected chi connectivity index (χ4v) is 2.90. The molecule has 0 atom stereocenters. The average molecular weight is 402 g/mol. The highest BCUT2D eigenvalue weighted by Gasteiger charge is 2.32. The molecule has 0 N–H and O–H groups in total. The van der Waals surface area contributed by atoms with Crippen LogP contribution in [0.5, 0.6) is 0 Å². The van der Waals surface area contributed by atoms with Crippen LogP contribution in [0.1, 0.15) is 54.9 Å². The van der Waals surface area contributed by atoms with E-state index in [0.29, 0.717) is 12.2 Å². The standard InChI is InChI=1S/C17H23IO3/c1-17(9-2-3-10-17)21-16(19)15-7-5-14(6-8-15)13-20-12-4-11-18/h5-8H,2-4,9-13H2,1H3. The number of esters is 1. The van der Waals surface area contributed by atoms with Gasteiger partial charge in [0.15, 0.2) is 0 Å². The van der Waals surface area contributed by atoms with E-state index in [1.54, 1.807) is 0 Å². The second-order valence-corrected chi connectivity index (χ2v) is 6.92. The molecule has 1 aromatic carbocycles. The molecule has 1 aromatic rings. The summed E-state index contributed by atoms with van der Waals surface area (Å²) in [5, 5.41) is 0. The zero-order valence-corrected chi connectivity index (χ0v) is 14.7. The van der Waals surface area contributed by atoms with Gasteiger partial charge in [-0.25, -0.2) is 4.79 Å². The summed E-state index contributed by atoms with van der Waals surface area (Å²) in [6, 6.07) is 7.55. The minimum absolute atomic E-state index is 0.211. The first kappa shape index (κ1) is 16.7. The van der Waals surface area contributed by atoms with Gasteiger partial charge in [0.2, 0.25) is 0 Å². The summed E-state index contributed by atoms with van der Waals surface area (Å²) in [7, 11) is 0. The SMILES string of the molecule is CC1(OC(=O)c2ccc(COCCCI)cc2)CCCC1. The molecule has 1 fully saturated rings. The van der Waals surface area contributed by atoms with Gasteiger partial charge in [-0.2, -0.15) is 0 Å². The molecule has 116 valence electrons. The fourth-order valence-electron chi connectivity index (χ4n) is 2.59. The molecule has 0 aliphatic heterocycles. The van der Waals surface area contributed by atoms with Crippen molar-refractivity contribution in [3.63, 3.8) is 0 Å². The van der Waals surface area contributed by atoms with Gasteiger partial charge < -0.3 is 9.47 Å². The number of hydrogen-bond acceptors (Lipinski definition) is 3. The summed E-state index contributed by atoms with van der Waals surface area (Å²) in [5.41, 5.74) is 1.45. The van der Waals surface area contributed by atoms with E-state index in [1.807, 2.05) is 31.2 Å². The Kier molecular flexibility index (Phi) is 6.48. The Morgan fingerprint density at radius 3 is 2.52 bits per heavy atom. The number of halogens is 1. The van der Waals surface area contributed by atoms with Crippen LogP contribution in [-0.2, 0) is 16.1 Å². The van der Waals surface area contributed by atoms with Crippen molar-refractivity contribution in [3.05, 3.63) is 35.4 Å². The average Bonchev–Trinajstić information content (AvgIpc) is 2.90. The summed E-state index contributed by atoms with van der Waals surface area (Å²) < 4.78 is 12.3. The van der Waals surface area contributed by atoms with Gasteiger partial charge in [0.1, 0.15) is 5.60 Å². The van der Waals surface area contributed by atoms with E-state index in [-0.39, 0.29) is 11.6 Å². The first-order chi connectivity index (χ1) is 10.1. The van der Waals surface area contributed by atoms with Crippen LogP contribution >= 0.6 is 22.6 Å². The number of benzene rings is 1. The fraction of sp³-hybridized carbons (Fsp3) is 0.588. The first-order valence-electron chi connectivity index (χ1n) is 7.59. The normalized spacial score (nSPS) is 16.9. The zero-order valence-electron chi connectivity index (χ0n) is 12.6. The van der Waals surface area contributed by atoms with Gasteiger partial charge in [-0.05, 0) is 56.7 Å². The largest absolute Gasteiger partial charge is 0.456 e. The lowest BCUT2D eigenvalue weighted by molar-refractivity contribution is -0.00609. The number of rotatable bonds is 7. The van der Waals surface area contributed by atoms with Crippen molar-refractivity contribution in [2.75, 3.05) is 11.0 Å². The topological polar surface area (TPSA) is 35.5 Å². The maximum absolute atomic E-state index is 12.2. The molecule has 1 aliphatic rings. The molecule has 0 saturated heterocycles.